The summed E-state index contributed by atoms with van der Waals surface area (Å²) in [5, 5.41) is 14.7. The molecule has 5 rings (SSSR count). The maximum Gasteiger partial charge on any atom is 0.230 e. The minimum atomic E-state index is -0.140. The molecule has 0 aliphatic heterocycles. The Balaban J connectivity index is 1.55. The molecular formula is C28H25N3O2. The molecule has 1 amide bonds. The Morgan fingerprint density at radius 2 is 1.73 bits per heavy atom. The smallest absolute Gasteiger partial charge is 0.230 e. The summed E-state index contributed by atoms with van der Waals surface area (Å²) in [6, 6.07) is 21.1. The van der Waals surface area contributed by atoms with Crippen LogP contribution in [0.15, 0.2) is 72.9 Å². The molecule has 5 aromatic rings. The number of aromatic nitrogens is 2. The highest BCUT2D eigenvalue weighted by Crippen LogP contribution is 2.31. The van der Waals surface area contributed by atoms with Crippen LogP contribution in [-0.2, 0) is 11.2 Å². The SMILES string of the molecule is Cc1ccn2c(CC(=O)Nc3cccc4c(O)cccc34)c(-c3ccc(C)c(C)c3)nc2c1. The van der Waals surface area contributed by atoms with Gasteiger partial charge in [0.1, 0.15) is 11.4 Å². The van der Waals surface area contributed by atoms with Crippen LogP contribution in [-0.4, -0.2) is 20.4 Å². The van der Waals surface area contributed by atoms with Gasteiger partial charge in [0.05, 0.1) is 17.8 Å². The van der Waals surface area contributed by atoms with Crippen molar-refractivity contribution in [3.8, 4) is 17.0 Å². The quantitative estimate of drug-likeness (QED) is 0.366. The number of anilines is 1. The van der Waals surface area contributed by atoms with E-state index in [0.717, 1.165) is 33.5 Å². The number of phenolic OH excluding ortho intramolecular Hbond substituents is 1. The first-order chi connectivity index (χ1) is 15.9. The van der Waals surface area contributed by atoms with Gasteiger partial charge in [-0.1, -0.05) is 36.4 Å². The van der Waals surface area contributed by atoms with Crippen LogP contribution in [0.25, 0.3) is 27.7 Å². The number of phenols is 1. The summed E-state index contributed by atoms with van der Waals surface area (Å²) < 4.78 is 1.99. The Morgan fingerprint density at radius 3 is 2.55 bits per heavy atom. The van der Waals surface area contributed by atoms with E-state index in [0.29, 0.717) is 11.1 Å². The molecule has 0 fully saturated rings. The number of hydrogen-bond acceptors (Lipinski definition) is 3. The maximum atomic E-state index is 13.2. The van der Waals surface area contributed by atoms with Crippen molar-refractivity contribution in [2.45, 2.75) is 27.2 Å². The van der Waals surface area contributed by atoms with Crippen molar-refractivity contribution < 1.29 is 9.90 Å². The summed E-state index contributed by atoms with van der Waals surface area (Å²) in [4.78, 5) is 18.1. The number of nitrogens with zero attached hydrogens (tertiary/aromatic N) is 2. The molecule has 0 saturated carbocycles. The molecule has 3 aromatic carbocycles. The minimum Gasteiger partial charge on any atom is -0.507 e. The van der Waals surface area contributed by atoms with Crippen LogP contribution >= 0.6 is 0 Å². The first-order valence-electron chi connectivity index (χ1n) is 11.0. The second-order valence-electron chi connectivity index (χ2n) is 8.54. The molecule has 33 heavy (non-hydrogen) atoms. The van der Waals surface area contributed by atoms with Gasteiger partial charge in [0, 0.05) is 28.2 Å². The highest BCUT2D eigenvalue weighted by molar-refractivity contribution is 6.04. The fraction of sp³-hybridized carbons (Fsp3) is 0.143. The van der Waals surface area contributed by atoms with E-state index in [2.05, 4.69) is 37.4 Å². The number of rotatable bonds is 4. The summed E-state index contributed by atoms with van der Waals surface area (Å²) in [6.45, 7) is 6.20. The van der Waals surface area contributed by atoms with Gasteiger partial charge in [0.25, 0.3) is 0 Å². The van der Waals surface area contributed by atoms with Crippen LogP contribution in [0.1, 0.15) is 22.4 Å². The lowest BCUT2D eigenvalue weighted by Crippen LogP contribution is -2.16. The molecule has 2 aromatic heterocycles. The molecule has 0 bridgehead atoms. The third-order valence-corrected chi connectivity index (χ3v) is 6.16. The molecule has 5 heteroatoms. The Labute approximate surface area is 192 Å². The molecule has 2 heterocycles. The summed E-state index contributed by atoms with van der Waals surface area (Å²) in [6.07, 6.45) is 2.14. The van der Waals surface area contributed by atoms with E-state index in [1.807, 2.05) is 53.9 Å². The standard InChI is InChI=1S/C28H25N3O2/c1-17-12-13-31-24(28(30-26(31)14-17)20-11-10-18(2)19(3)15-20)16-27(33)29-23-8-4-7-22-21(23)6-5-9-25(22)32/h4-15,32H,16H2,1-3H3,(H,29,33). The molecule has 2 N–H and O–H groups in total. The Kier molecular flexibility index (Phi) is 5.09. The van der Waals surface area contributed by atoms with Crippen molar-refractivity contribution >= 4 is 28.0 Å². The van der Waals surface area contributed by atoms with Crippen LogP contribution in [0.3, 0.4) is 0 Å². The van der Waals surface area contributed by atoms with Crippen molar-refractivity contribution in [2.24, 2.45) is 0 Å². The van der Waals surface area contributed by atoms with E-state index >= 15 is 0 Å². The van der Waals surface area contributed by atoms with Crippen molar-refractivity contribution in [3.05, 3.63) is 95.3 Å². The number of aromatic hydroxyl groups is 1. The monoisotopic (exact) mass is 435 g/mol. The van der Waals surface area contributed by atoms with E-state index in [1.54, 1.807) is 12.1 Å². The minimum absolute atomic E-state index is 0.140. The first-order valence-corrected chi connectivity index (χ1v) is 11.0. The first kappa shape index (κ1) is 20.8. The van der Waals surface area contributed by atoms with Gasteiger partial charge in [0.2, 0.25) is 5.91 Å². The number of carbonyl (C=O) groups excluding carboxylic acids is 1. The van der Waals surface area contributed by atoms with Gasteiger partial charge in [-0.2, -0.15) is 0 Å². The van der Waals surface area contributed by atoms with Gasteiger partial charge in [-0.05, 0) is 67.8 Å². The summed E-state index contributed by atoms with van der Waals surface area (Å²) in [5.41, 5.74) is 7.67. The van der Waals surface area contributed by atoms with Crippen LogP contribution in [0.5, 0.6) is 5.75 Å². The molecule has 0 radical (unpaired) electrons. The molecular weight excluding hydrogens is 410 g/mol. The fourth-order valence-electron chi connectivity index (χ4n) is 4.23. The number of aryl methyl sites for hydroxylation is 3. The highest BCUT2D eigenvalue weighted by Gasteiger charge is 2.18. The van der Waals surface area contributed by atoms with Gasteiger partial charge in [-0.3, -0.25) is 4.79 Å². The van der Waals surface area contributed by atoms with Crippen LogP contribution in [0.2, 0.25) is 0 Å². The predicted octanol–water partition coefficient (Wildman–Crippen LogP) is 5.97. The Morgan fingerprint density at radius 1 is 0.939 bits per heavy atom. The third kappa shape index (κ3) is 3.82. The zero-order valence-corrected chi connectivity index (χ0v) is 18.9. The lowest BCUT2D eigenvalue weighted by molar-refractivity contribution is -0.115. The van der Waals surface area contributed by atoms with Crippen molar-refractivity contribution in [2.75, 3.05) is 5.32 Å². The molecule has 0 atom stereocenters. The number of fused-ring (bicyclic) bond motifs is 2. The van der Waals surface area contributed by atoms with Gasteiger partial charge in [-0.15, -0.1) is 0 Å². The second-order valence-corrected chi connectivity index (χ2v) is 8.54. The molecule has 0 aliphatic carbocycles. The zero-order valence-electron chi connectivity index (χ0n) is 18.9. The van der Waals surface area contributed by atoms with Gasteiger partial charge in [0.15, 0.2) is 0 Å². The van der Waals surface area contributed by atoms with E-state index in [1.165, 1.54) is 11.1 Å². The second kappa shape index (κ2) is 8.10. The topological polar surface area (TPSA) is 66.6 Å². The van der Waals surface area contributed by atoms with Crippen LogP contribution < -0.4 is 5.32 Å². The van der Waals surface area contributed by atoms with E-state index < -0.39 is 0 Å². The van der Waals surface area contributed by atoms with Gasteiger partial charge < -0.3 is 14.8 Å². The number of carbonyl (C=O) groups is 1. The Bertz CT molecular complexity index is 1530. The lowest BCUT2D eigenvalue weighted by Gasteiger charge is -2.11. The van der Waals surface area contributed by atoms with Crippen molar-refractivity contribution in [1.29, 1.82) is 0 Å². The molecule has 0 aliphatic rings. The van der Waals surface area contributed by atoms with E-state index in [4.69, 9.17) is 4.98 Å². The van der Waals surface area contributed by atoms with Crippen molar-refractivity contribution in [1.82, 2.24) is 9.38 Å². The van der Waals surface area contributed by atoms with Crippen molar-refractivity contribution in [3.63, 3.8) is 0 Å². The molecule has 0 unspecified atom stereocenters. The normalized spacial score (nSPS) is 11.2. The number of imidazole rings is 1. The number of pyridine rings is 1. The number of benzene rings is 3. The molecule has 0 spiro atoms. The summed E-state index contributed by atoms with van der Waals surface area (Å²) >= 11 is 0. The largest absolute Gasteiger partial charge is 0.507 e. The fourth-order valence-corrected chi connectivity index (χ4v) is 4.23. The molecule has 0 saturated heterocycles. The van der Waals surface area contributed by atoms with Crippen LogP contribution in [0.4, 0.5) is 5.69 Å². The zero-order chi connectivity index (χ0) is 23.1. The highest BCUT2D eigenvalue weighted by atomic mass is 16.3. The van der Waals surface area contributed by atoms with Gasteiger partial charge in [-0.25, -0.2) is 4.98 Å². The number of amides is 1. The maximum absolute atomic E-state index is 13.2. The number of hydrogen-bond donors (Lipinski definition) is 2. The summed E-state index contributed by atoms with van der Waals surface area (Å²) in [5.74, 6) is 0.0519. The molecule has 5 nitrogen and oxygen atoms in total. The average Bonchev–Trinajstić information content (AvgIpc) is 3.13. The lowest BCUT2D eigenvalue weighted by atomic mass is 10.0. The summed E-state index contributed by atoms with van der Waals surface area (Å²) in [7, 11) is 0. The van der Waals surface area contributed by atoms with Crippen LogP contribution in [0, 0.1) is 20.8 Å². The predicted molar refractivity (Wildman–Crippen MR) is 133 cm³/mol. The molecule has 164 valence electrons. The Hall–Kier alpha value is -4.12. The van der Waals surface area contributed by atoms with E-state index in [9.17, 15) is 9.90 Å². The van der Waals surface area contributed by atoms with E-state index in [-0.39, 0.29) is 18.1 Å². The third-order valence-electron chi connectivity index (χ3n) is 6.16. The van der Waals surface area contributed by atoms with Gasteiger partial charge >= 0.3 is 0 Å². The number of nitrogens with one attached hydrogen (secondary N) is 1. The average molecular weight is 436 g/mol.